The highest BCUT2D eigenvalue weighted by Gasteiger charge is 2.08. The average molecular weight is 362 g/mol. The molecule has 1 amide bonds. The topological polar surface area (TPSA) is 93.8 Å². The normalized spacial score (nSPS) is 10.9. The predicted octanol–water partition coefficient (Wildman–Crippen LogP) is 3.80. The maximum absolute atomic E-state index is 11.9. The van der Waals surface area contributed by atoms with Gasteiger partial charge in [-0.15, -0.1) is 0 Å². The van der Waals surface area contributed by atoms with Crippen LogP contribution in [0.3, 0.4) is 0 Å². The van der Waals surface area contributed by atoms with Gasteiger partial charge in [0.05, 0.1) is 22.3 Å². The zero-order valence-electron chi connectivity index (χ0n) is 13.6. The third-order valence-corrected chi connectivity index (χ3v) is 3.33. The van der Waals surface area contributed by atoms with E-state index >= 15 is 0 Å². The molecule has 0 aliphatic rings. The molecule has 0 saturated heterocycles. The quantitative estimate of drug-likeness (QED) is 0.481. The second kappa shape index (κ2) is 8.25. The third-order valence-electron chi connectivity index (χ3n) is 3.04. The molecule has 1 N–H and O–H groups in total. The Morgan fingerprint density at radius 2 is 1.96 bits per heavy atom. The maximum Gasteiger partial charge on any atom is 0.271 e. The van der Waals surface area contributed by atoms with Crippen molar-refractivity contribution in [3.05, 3.63) is 68.7 Å². The number of benzene rings is 2. The molecule has 0 aliphatic carbocycles. The molecule has 0 aliphatic heterocycles. The molecule has 0 radical (unpaired) electrons. The van der Waals surface area contributed by atoms with E-state index in [-0.39, 0.29) is 17.4 Å². The fourth-order valence-electron chi connectivity index (χ4n) is 1.91. The van der Waals surface area contributed by atoms with E-state index in [1.165, 1.54) is 30.5 Å². The molecular formula is C17H16ClN3O4. The molecular weight excluding hydrogens is 346 g/mol. The number of hydrazone groups is 1. The van der Waals surface area contributed by atoms with Crippen molar-refractivity contribution in [3.8, 4) is 5.75 Å². The number of carbonyl (C=O) groups is 1. The third kappa shape index (κ3) is 5.29. The van der Waals surface area contributed by atoms with E-state index in [1.807, 2.05) is 13.8 Å². The monoisotopic (exact) mass is 361 g/mol. The summed E-state index contributed by atoms with van der Waals surface area (Å²) in [6.45, 7) is 3.80. The Hall–Kier alpha value is -2.93. The number of hydrogen-bond donors (Lipinski definition) is 1. The van der Waals surface area contributed by atoms with Gasteiger partial charge >= 0.3 is 0 Å². The molecule has 2 aromatic carbocycles. The predicted molar refractivity (Wildman–Crippen MR) is 95.4 cm³/mol. The van der Waals surface area contributed by atoms with Crippen LogP contribution in [0.2, 0.25) is 5.02 Å². The van der Waals surface area contributed by atoms with E-state index < -0.39 is 10.8 Å². The molecule has 0 aromatic heterocycles. The summed E-state index contributed by atoms with van der Waals surface area (Å²) in [7, 11) is 0. The summed E-state index contributed by atoms with van der Waals surface area (Å²) in [4.78, 5) is 22.0. The van der Waals surface area contributed by atoms with E-state index in [4.69, 9.17) is 16.3 Å². The van der Waals surface area contributed by atoms with Crippen LogP contribution in [0.5, 0.6) is 5.75 Å². The first-order chi connectivity index (χ1) is 11.9. The largest absolute Gasteiger partial charge is 0.489 e. The maximum atomic E-state index is 11.9. The Balaban J connectivity index is 1.99. The van der Waals surface area contributed by atoms with Crippen molar-refractivity contribution in [2.45, 2.75) is 20.0 Å². The van der Waals surface area contributed by atoms with Crippen LogP contribution in [0.15, 0.2) is 47.6 Å². The van der Waals surface area contributed by atoms with Crippen LogP contribution in [-0.4, -0.2) is 23.1 Å². The van der Waals surface area contributed by atoms with Gasteiger partial charge in [-0.1, -0.05) is 11.6 Å². The number of carbonyl (C=O) groups excluding carboxylic acids is 1. The van der Waals surface area contributed by atoms with E-state index in [0.29, 0.717) is 16.3 Å². The SMILES string of the molecule is CC(C)Oc1ccc(/C=N/NC(=O)c2ccc([N+](=O)[O-])cc2)cc1Cl. The molecule has 8 heteroatoms. The van der Waals surface area contributed by atoms with Crippen LogP contribution in [0.1, 0.15) is 29.8 Å². The van der Waals surface area contributed by atoms with Crippen molar-refractivity contribution in [1.29, 1.82) is 0 Å². The summed E-state index contributed by atoms with van der Waals surface area (Å²) in [5, 5.41) is 14.9. The van der Waals surface area contributed by atoms with Crippen LogP contribution in [0.4, 0.5) is 5.69 Å². The van der Waals surface area contributed by atoms with Gasteiger partial charge in [0.1, 0.15) is 5.75 Å². The number of amides is 1. The van der Waals surface area contributed by atoms with Crippen molar-refractivity contribution in [3.63, 3.8) is 0 Å². The van der Waals surface area contributed by atoms with Gasteiger partial charge < -0.3 is 4.74 Å². The lowest BCUT2D eigenvalue weighted by atomic mass is 10.2. The van der Waals surface area contributed by atoms with Crippen LogP contribution in [0.25, 0.3) is 0 Å². The smallest absolute Gasteiger partial charge is 0.271 e. The van der Waals surface area contributed by atoms with Gasteiger partial charge in [-0.05, 0) is 49.7 Å². The molecule has 0 saturated carbocycles. The lowest BCUT2D eigenvalue weighted by Gasteiger charge is -2.11. The Morgan fingerprint density at radius 1 is 1.28 bits per heavy atom. The van der Waals surface area contributed by atoms with Crippen LogP contribution >= 0.6 is 11.6 Å². The van der Waals surface area contributed by atoms with Crippen molar-refractivity contribution in [1.82, 2.24) is 5.43 Å². The summed E-state index contributed by atoms with van der Waals surface area (Å²) >= 11 is 6.12. The highest BCUT2D eigenvalue weighted by molar-refractivity contribution is 6.32. The molecule has 0 spiro atoms. The zero-order chi connectivity index (χ0) is 18.4. The summed E-state index contributed by atoms with van der Waals surface area (Å²) in [6, 6.07) is 10.4. The minimum atomic E-state index is -0.532. The van der Waals surface area contributed by atoms with Crippen LogP contribution in [0, 0.1) is 10.1 Å². The first kappa shape index (κ1) is 18.4. The van der Waals surface area contributed by atoms with Gasteiger partial charge in [0.25, 0.3) is 11.6 Å². The first-order valence-electron chi connectivity index (χ1n) is 7.41. The molecule has 7 nitrogen and oxygen atoms in total. The van der Waals surface area contributed by atoms with Gasteiger partial charge in [0, 0.05) is 17.7 Å². The number of halogens is 1. The van der Waals surface area contributed by atoms with Gasteiger partial charge in [0.15, 0.2) is 0 Å². The number of rotatable bonds is 6. The van der Waals surface area contributed by atoms with Crippen molar-refractivity contribution < 1.29 is 14.5 Å². The highest BCUT2D eigenvalue weighted by Crippen LogP contribution is 2.25. The van der Waals surface area contributed by atoms with Gasteiger partial charge in [-0.25, -0.2) is 5.43 Å². The van der Waals surface area contributed by atoms with E-state index in [2.05, 4.69) is 10.5 Å². The standard InChI is InChI=1S/C17H16ClN3O4/c1-11(2)25-16-8-3-12(9-15(16)18)10-19-20-17(22)13-4-6-14(7-5-13)21(23)24/h3-11H,1-2H3,(H,20,22)/b19-10+. The number of ether oxygens (including phenoxy) is 1. The lowest BCUT2D eigenvalue weighted by Crippen LogP contribution is -2.17. The molecule has 130 valence electrons. The number of nitro groups is 1. The van der Waals surface area contributed by atoms with Crippen molar-refractivity contribution >= 4 is 29.4 Å². The second-order valence-electron chi connectivity index (χ2n) is 5.36. The summed E-state index contributed by atoms with van der Waals surface area (Å²) in [5.41, 5.74) is 3.21. The summed E-state index contributed by atoms with van der Waals surface area (Å²) < 4.78 is 5.53. The molecule has 2 rings (SSSR count). The Bertz CT molecular complexity index is 804. The van der Waals surface area contributed by atoms with Gasteiger partial charge in [0.2, 0.25) is 0 Å². The van der Waals surface area contributed by atoms with E-state index in [9.17, 15) is 14.9 Å². The lowest BCUT2D eigenvalue weighted by molar-refractivity contribution is -0.384. The average Bonchev–Trinajstić information content (AvgIpc) is 2.57. The number of nitro benzene ring substituents is 1. The second-order valence-corrected chi connectivity index (χ2v) is 5.77. The Kier molecular flexibility index (Phi) is 6.08. The number of nitrogens with one attached hydrogen (secondary N) is 1. The summed E-state index contributed by atoms with van der Waals surface area (Å²) in [5.74, 6) is 0.0979. The first-order valence-corrected chi connectivity index (χ1v) is 7.78. The fourth-order valence-corrected chi connectivity index (χ4v) is 2.14. The summed E-state index contributed by atoms with van der Waals surface area (Å²) in [6.07, 6.45) is 1.45. The van der Waals surface area contributed by atoms with Crippen LogP contribution < -0.4 is 10.2 Å². The van der Waals surface area contributed by atoms with Gasteiger partial charge in [-0.3, -0.25) is 14.9 Å². The van der Waals surface area contributed by atoms with E-state index in [1.54, 1.807) is 18.2 Å². The highest BCUT2D eigenvalue weighted by atomic mass is 35.5. The molecule has 0 atom stereocenters. The zero-order valence-corrected chi connectivity index (χ0v) is 14.4. The van der Waals surface area contributed by atoms with Crippen LogP contribution in [-0.2, 0) is 0 Å². The molecule has 2 aromatic rings. The van der Waals surface area contributed by atoms with E-state index in [0.717, 1.165) is 0 Å². The number of nitrogens with zero attached hydrogens (tertiary/aromatic N) is 2. The Morgan fingerprint density at radius 3 is 2.52 bits per heavy atom. The number of hydrogen-bond acceptors (Lipinski definition) is 5. The number of non-ortho nitro benzene ring substituents is 1. The minimum absolute atomic E-state index is 0.0120. The molecule has 0 bridgehead atoms. The molecule has 25 heavy (non-hydrogen) atoms. The molecule has 0 unspecified atom stereocenters. The van der Waals surface area contributed by atoms with Crippen molar-refractivity contribution in [2.24, 2.45) is 5.10 Å². The Labute approximate surface area is 149 Å². The molecule has 0 heterocycles. The van der Waals surface area contributed by atoms with Gasteiger partial charge in [-0.2, -0.15) is 5.10 Å². The fraction of sp³-hybridized carbons (Fsp3) is 0.176. The minimum Gasteiger partial charge on any atom is -0.489 e. The molecule has 0 fully saturated rings. The van der Waals surface area contributed by atoms with Crippen molar-refractivity contribution in [2.75, 3.05) is 0 Å².